The fraction of sp³-hybridized carbons (Fsp3) is 0.318. The lowest BCUT2D eigenvalue weighted by Gasteiger charge is -2.43. The number of carbonyl (C=O) groups is 3. The Kier molecular flexibility index (Phi) is 4.42. The van der Waals surface area contributed by atoms with Crippen LogP contribution in [0, 0.1) is 13.8 Å². The summed E-state index contributed by atoms with van der Waals surface area (Å²) in [4.78, 5) is 38.0. The minimum atomic E-state index is -0.991. The van der Waals surface area contributed by atoms with Crippen molar-refractivity contribution in [1.29, 1.82) is 0 Å². The molecule has 1 saturated heterocycles. The van der Waals surface area contributed by atoms with Crippen molar-refractivity contribution in [3.05, 3.63) is 70.8 Å². The molecule has 2 atom stereocenters. The van der Waals surface area contributed by atoms with Crippen LogP contribution in [0.1, 0.15) is 46.9 Å². The molecule has 2 amide bonds. The average Bonchev–Trinajstić information content (AvgIpc) is 2.93. The second kappa shape index (κ2) is 6.64. The zero-order valence-electron chi connectivity index (χ0n) is 15.3. The minimum absolute atomic E-state index is 0.129. The maximum atomic E-state index is 13.1. The Morgan fingerprint density at radius 2 is 1.26 bits per heavy atom. The molecular formula is C22H21NO3S. The quantitative estimate of drug-likeness (QED) is 0.847. The molecule has 2 unspecified atom stereocenters. The molecule has 5 heteroatoms. The van der Waals surface area contributed by atoms with Crippen molar-refractivity contribution in [2.45, 2.75) is 43.3 Å². The first kappa shape index (κ1) is 18.0. The van der Waals surface area contributed by atoms with Crippen molar-refractivity contribution < 1.29 is 14.4 Å². The van der Waals surface area contributed by atoms with Crippen LogP contribution in [-0.2, 0) is 9.59 Å². The van der Waals surface area contributed by atoms with E-state index < -0.39 is 4.75 Å². The highest BCUT2D eigenvalue weighted by Crippen LogP contribution is 2.57. The Balaban J connectivity index is 1.88. The Hall–Kier alpha value is -2.40. The topological polar surface area (TPSA) is 63.2 Å². The van der Waals surface area contributed by atoms with Crippen molar-refractivity contribution in [3.8, 4) is 0 Å². The second-order valence-corrected chi connectivity index (χ2v) is 8.76. The van der Waals surface area contributed by atoms with E-state index in [-0.39, 0.29) is 41.6 Å². The van der Waals surface area contributed by atoms with Gasteiger partial charge in [0.05, 0.1) is 0 Å². The van der Waals surface area contributed by atoms with Crippen LogP contribution in [0.5, 0.6) is 0 Å². The molecule has 0 radical (unpaired) electrons. The lowest BCUT2D eigenvalue weighted by Crippen LogP contribution is -2.51. The molecule has 1 heterocycles. The molecule has 1 aliphatic heterocycles. The standard InChI is InChI=1S/C22H21NO3S/c1-13-3-7-15(8-4-13)18-11-17(24)12-19(16-9-5-14(2)6-10-16)22(18)20(25)23-21(26)27-22/h3-10,18-19H,11-12H2,1-2H3,(H,23,25,26). The van der Waals surface area contributed by atoms with Gasteiger partial charge in [0.1, 0.15) is 10.5 Å². The number of imide groups is 1. The summed E-state index contributed by atoms with van der Waals surface area (Å²) in [5, 5.41) is 2.16. The van der Waals surface area contributed by atoms with E-state index in [0.717, 1.165) is 34.0 Å². The number of rotatable bonds is 2. The lowest BCUT2D eigenvalue weighted by molar-refractivity contribution is -0.127. The number of Topliss-reactive ketones (excluding diaryl/α,β-unsaturated/α-hetero) is 1. The molecule has 2 aromatic rings. The van der Waals surface area contributed by atoms with Gasteiger partial charge in [-0.15, -0.1) is 0 Å². The molecule has 2 fully saturated rings. The number of carbonyl (C=O) groups excluding carboxylic acids is 3. The average molecular weight is 379 g/mol. The van der Waals surface area contributed by atoms with E-state index in [1.165, 1.54) is 0 Å². The van der Waals surface area contributed by atoms with Gasteiger partial charge in [0, 0.05) is 24.7 Å². The van der Waals surface area contributed by atoms with E-state index in [4.69, 9.17) is 0 Å². The molecule has 0 aromatic heterocycles. The van der Waals surface area contributed by atoms with Gasteiger partial charge in [-0.2, -0.15) is 0 Å². The summed E-state index contributed by atoms with van der Waals surface area (Å²) in [6, 6.07) is 15.9. The number of ketones is 1. The summed E-state index contributed by atoms with van der Waals surface area (Å²) in [7, 11) is 0. The summed E-state index contributed by atoms with van der Waals surface area (Å²) >= 11 is 1.06. The van der Waals surface area contributed by atoms with E-state index >= 15 is 0 Å². The number of thioether (sulfide) groups is 1. The molecule has 1 spiro atoms. The van der Waals surface area contributed by atoms with Gasteiger partial charge >= 0.3 is 0 Å². The number of aryl methyl sites for hydroxylation is 2. The van der Waals surface area contributed by atoms with Gasteiger partial charge < -0.3 is 0 Å². The van der Waals surface area contributed by atoms with Crippen molar-refractivity contribution >= 4 is 28.7 Å². The van der Waals surface area contributed by atoms with Crippen LogP contribution in [-0.4, -0.2) is 21.7 Å². The first-order valence-corrected chi connectivity index (χ1v) is 9.91. The van der Waals surface area contributed by atoms with Crippen molar-refractivity contribution in [1.82, 2.24) is 5.32 Å². The zero-order valence-corrected chi connectivity index (χ0v) is 16.1. The Morgan fingerprint density at radius 1 is 0.815 bits per heavy atom. The fourth-order valence-corrected chi connectivity index (χ4v) is 5.61. The number of amides is 2. The van der Waals surface area contributed by atoms with Crippen molar-refractivity contribution in [3.63, 3.8) is 0 Å². The van der Waals surface area contributed by atoms with E-state index in [1.807, 2.05) is 62.4 Å². The predicted molar refractivity (Wildman–Crippen MR) is 106 cm³/mol. The van der Waals surface area contributed by atoms with Gasteiger partial charge in [0.25, 0.3) is 5.24 Å². The summed E-state index contributed by atoms with van der Waals surface area (Å²) < 4.78 is -0.991. The van der Waals surface area contributed by atoms with Crippen LogP contribution in [0.25, 0.3) is 0 Å². The minimum Gasteiger partial charge on any atom is -0.300 e. The van der Waals surface area contributed by atoms with Gasteiger partial charge in [-0.05, 0) is 36.7 Å². The number of hydrogen-bond acceptors (Lipinski definition) is 4. The van der Waals surface area contributed by atoms with Gasteiger partial charge in [0.2, 0.25) is 5.91 Å². The van der Waals surface area contributed by atoms with Gasteiger partial charge in [0.15, 0.2) is 0 Å². The molecular weight excluding hydrogens is 358 g/mol. The number of benzene rings is 2. The smallest absolute Gasteiger partial charge is 0.286 e. The SMILES string of the molecule is Cc1ccc(C2CC(=O)CC(c3ccc(C)cc3)C23SC(=O)NC3=O)cc1. The van der Waals surface area contributed by atoms with E-state index in [1.54, 1.807) is 0 Å². The molecule has 1 saturated carbocycles. The highest BCUT2D eigenvalue weighted by molar-refractivity contribution is 8.16. The van der Waals surface area contributed by atoms with Crippen LogP contribution < -0.4 is 5.32 Å². The van der Waals surface area contributed by atoms with Crippen LogP contribution in [0.4, 0.5) is 4.79 Å². The first-order valence-electron chi connectivity index (χ1n) is 9.09. The summed E-state index contributed by atoms with van der Waals surface area (Å²) in [6.07, 6.45) is 0.554. The lowest BCUT2D eigenvalue weighted by atomic mass is 9.65. The molecule has 4 nitrogen and oxygen atoms in total. The molecule has 0 bridgehead atoms. The maximum Gasteiger partial charge on any atom is 0.286 e. The monoisotopic (exact) mass is 379 g/mol. The van der Waals surface area contributed by atoms with Gasteiger partial charge in [-0.3, -0.25) is 19.7 Å². The van der Waals surface area contributed by atoms with Crippen LogP contribution >= 0.6 is 11.8 Å². The Morgan fingerprint density at radius 3 is 1.63 bits per heavy atom. The van der Waals surface area contributed by atoms with E-state index in [0.29, 0.717) is 0 Å². The summed E-state index contributed by atoms with van der Waals surface area (Å²) in [5.41, 5.74) is 4.10. The Bertz CT molecular complexity index is 860. The molecule has 138 valence electrons. The number of nitrogens with one attached hydrogen (secondary N) is 1. The largest absolute Gasteiger partial charge is 0.300 e. The van der Waals surface area contributed by atoms with Crippen molar-refractivity contribution in [2.75, 3.05) is 0 Å². The van der Waals surface area contributed by atoms with Crippen molar-refractivity contribution in [2.24, 2.45) is 0 Å². The molecule has 1 N–H and O–H groups in total. The second-order valence-electron chi connectivity index (χ2n) is 7.51. The molecule has 2 aliphatic rings. The third-order valence-corrected chi connectivity index (χ3v) is 7.07. The van der Waals surface area contributed by atoms with Gasteiger partial charge in [-0.25, -0.2) is 0 Å². The Labute approximate surface area is 162 Å². The van der Waals surface area contributed by atoms with E-state index in [9.17, 15) is 14.4 Å². The van der Waals surface area contributed by atoms with Crippen LogP contribution in [0.15, 0.2) is 48.5 Å². The predicted octanol–water partition coefficient (Wildman–Crippen LogP) is 4.26. The molecule has 1 aliphatic carbocycles. The molecule has 2 aromatic carbocycles. The highest BCUT2D eigenvalue weighted by atomic mass is 32.2. The first-order chi connectivity index (χ1) is 12.9. The maximum absolute atomic E-state index is 13.1. The van der Waals surface area contributed by atoms with Crippen LogP contribution in [0.3, 0.4) is 0 Å². The van der Waals surface area contributed by atoms with Gasteiger partial charge in [-0.1, -0.05) is 59.7 Å². The number of hydrogen-bond donors (Lipinski definition) is 1. The normalized spacial score (nSPS) is 27.9. The molecule has 4 rings (SSSR count). The zero-order chi connectivity index (χ0) is 19.2. The van der Waals surface area contributed by atoms with Crippen LogP contribution in [0.2, 0.25) is 0 Å². The fourth-order valence-electron chi connectivity index (χ4n) is 4.29. The molecule has 27 heavy (non-hydrogen) atoms. The third-order valence-electron chi connectivity index (χ3n) is 5.69. The van der Waals surface area contributed by atoms with E-state index in [2.05, 4.69) is 5.32 Å². The third kappa shape index (κ3) is 3.00. The highest BCUT2D eigenvalue weighted by Gasteiger charge is 2.61. The summed E-state index contributed by atoms with van der Waals surface area (Å²) in [5.74, 6) is -0.810. The summed E-state index contributed by atoms with van der Waals surface area (Å²) in [6.45, 7) is 4.00.